The van der Waals surface area contributed by atoms with Gasteiger partial charge in [0.2, 0.25) is 0 Å². The fraction of sp³-hybridized carbons (Fsp3) is 0.812. The van der Waals surface area contributed by atoms with Gasteiger partial charge >= 0.3 is 17.9 Å². The molecule has 2 unspecified atom stereocenters. The van der Waals surface area contributed by atoms with Crippen molar-refractivity contribution in [1.29, 1.82) is 0 Å². The topological polar surface area (TPSA) is 112 Å². The van der Waals surface area contributed by atoms with Gasteiger partial charge in [0.05, 0.1) is 11.8 Å². The number of carbonyl (C=O) groups is 3. The maximum absolute atomic E-state index is 11.3. The zero-order valence-electron chi connectivity index (χ0n) is 13.3. The zero-order chi connectivity index (χ0) is 17.0. The fourth-order valence-corrected chi connectivity index (χ4v) is 2.60. The summed E-state index contributed by atoms with van der Waals surface area (Å²) in [4.78, 5) is 33.0. The van der Waals surface area contributed by atoms with E-state index in [-0.39, 0.29) is 6.42 Å². The van der Waals surface area contributed by atoms with Crippen LogP contribution in [0.4, 0.5) is 0 Å². The van der Waals surface area contributed by atoms with Gasteiger partial charge < -0.3 is 15.3 Å². The Bertz CT molecular complexity index is 353. The standard InChI is InChI=1S/C16H28O6/c1-2-3-6-9-12(15(19)20)13(16(21)22)10-7-4-5-8-11-14(17)18/h12-13H,2-11H2,1H3,(H,17,18)(H,19,20)(H,21,22). The van der Waals surface area contributed by atoms with Crippen LogP contribution in [-0.2, 0) is 14.4 Å². The van der Waals surface area contributed by atoms with Crippen molar-refractivity contribution in [3.8, 4) is 0 Å². The summed E-state index contributed by atoms with van der Waals surface area (Å²) in [7, 11) is 0. The molecule has 0 spiro atoms. The second kappa shape index (κ2) is 12.0. The van der Waals surface area contributed by atoms with Crippen LogP contribution < -0.4 is 0 Å². The van der Waals surface area contributed by atoms with Crippen molar-refractivity contribution in [2.75, 3.05) is 0 Å². The Hall–Kier alpha value is -1.59. The molecule has 0 aromatic rings. The SMILES string of the molecule is CCCCCC(C(=O)O)C(CCCCCCC(=O)O)C(=O)O. The van der Waals surface area contributed by atoms with Crippen LogP contribution in [0.2, 0.25) is 0 Å². The smallest absolute Gasteiger partial charge is 0.307 e. The lowest BCUT2D eigenvalue weighted by molar-refractivity contribution is -0.154. The molecule has 22 heavy (non-hydrogen) atoms. The van der Waals surface area contributed by atoms with E-state index < -0.39 is 29.7 Å². The second-order valence-corrected chi connectivity index (χ2v) is 5.73. The molecule has 6 nitrogen and oxygen atoms in total. The average Bonchev–Trinajstić information content (AvgIpc) is 2.43. The number of hydrogen-bond acceptors (Lipinski definition) is 3. The second-order valence-electron chi connectivity index (χ2n) is 5.73. The van der Waals surface area contributed by atoms with Crippen molar-refractivity contribution >= 4 is 17.9 Å². The molecule has 0 heterocycles. The monoisotopic (exact) mass is 316 g/mol. The predicted octanol–water partition coefficient (Wildman–Crippen LogP) is 3.39. The first-order valence-corrected chi connectivity index (χ1v) is 8.07. The van der Waals surface area contributed by atoms with Crippen LogP contribution in [0, 0.1) is 11.8 Å². The molecule has 0 saturated heterocycles. The molecule has 0 amide bonds. The number of rotatable bonds is 14. The van der Waals surface area contributed by atoms with Crippen molar-refractivity contribution in [2.24, 2.45) is 11.8 Å². The Kier molecular flexibility index (Phi) is 11.1. The molecule has 128 valence electrons. The third-order valence-corrected chi connectivity index (χ3v) is 3.89. The lowest BCUT2D eigenvalue weighted by Gasteiger charge is -2.20. The molecule has 6 heteroatoms. The van der Waals surface area contributed by atoms with E-state index in [0.29, 0.717) is 25.7 Å². The quantitative estimate of drug-likeness (QED) is 0.423. The Balaban J connectivity index is 4.27. The van der Waals surface area contributed by atoms with E-state index in [4.69, 9.17) is 5.11 Å². The van der Waals surface area contributed by atoms with Gasteiger partial charge in [-0.2, -0.15) is 0 Å². The summed E-state index contributed by atoms with van der Waals surface area (Å²) in [6.45, 7) is 2.02. The maximum atomic E-state index is 11.3. The lowest BCUT2D eigenvalue weighted by Crippen LogP contribution is -2.30. The molecule has 0 aromatic heterocycles. The summed E-state index contributed by atoms with van der Waals surface area (Å²) in [6, 6.07) is 0. The van der Waals surface area contributed by atoms with Crippen LogP contribution in [0.3, 0.4) is 0 Å². The molecule has 0 aliphatic rings. The van der Waals surface area contributed by atoms with Gasteiger partial charge in [0.1, 0.15) is 0 Å². The Morgan fingerprint density at radius 2 is 1.18 bits per heavy atom. The molecule has 0 fully saturated rings. The van der Waals surface area contributed by atoms with Gasteiger partial charge in [0, 0.05) is 6.42 Å². The minimum absolute atomic E-state index is 0.122. The Labute approximate surface area is 131 Å². The molecule has 0 aromatic carbocycles. The van der Waals surface area contributed by atoms with E-state index in [0.717, 1.165) is 32.1 Å². The van der Waals surface area contributed by atoms with Gasteiger partial charge in [-0.3, -0.25) is 14.4 Å². The lowest BCUT2D eigenvalue weighted by atomic mass is 9.84. The normalized spacial score (nSPS) is 13.5. The van der Waals surface area contributed by atoms with E-state index in [2.05, 4.69) is 0 Å². The van der Waals surface area contributed by atoms with E-state index in [1.165, 1.54) is 0 Å². The summed E-state index contributed by atoms with van der Waals surface area (Å²) in [5.74, 6) is -4.59. The van der Waals surface area contributed by atoms with Crippen LogP contribution in [0.25, 0.3) is 0 Å². The molecule has 0 aliphatic carbocycles. The average molecular weight is 316 g/mol. The van der Waals surface area contributed by atoms with E-state index in [1.807, 2.05) is 6.92 Å². The van der Waals surface area contributed by atoms with Gasteiger partial charge in [0.25, 0.3) is 0 Å². The number of carboxylic acid groups (broad SMARTS) is 3. The highest BCUT2D eigenvalue weighted by Gasteiger charge is 2.32. The minimum atomic E-state index is -1.05. The van der Waals surface area contributed by atoms with E-state index in [9.17, 15) is 24.6 Å². The molecule has 0 saturated carbocycles. The van der Waals surface area contributed by atoms with Crippen molar-refractivity contribution in [1.82, 2.24) is 0 Å². The first-order valence-electron chi connectivity index (χ1n) is 8.07. The molecular formula is C16H28O6. The summed E-state index contributed by atoms with van der Waals surface area (Å²) in [6.07, 6.45) is 6.13. The summed E-state index contributed by atoms with van der Waals surface area (Å²) < 4.78 is 0. The maximum Gasteiger partial charge on any atom is 0.307 e. The van der Waals surface area contributed by atoms with Gasteiger partial charge in [-0.15, -0.1) is 0 Å². The number of aliphatic carboxylic acids is 3. The Morgan fingerprint density at radius 3 is 1.59 bits per heavy atom. The van der Waals surface area contributed by atoms with Gasteiger partial charge in [-0.1, -0.05) is 45.4 Å². The van der Waals surface area contributed by atoms with Crippen molar-refractivity contribution in [3.63, 3.8) is 0 Å². The molecule has 0 radical (unpaired) electrons. The third kappa shape index (κ3) is 9.37. The number of hydrogen-bond donors (Lipinski definition) is 3. The number of unbranched alkanes of at least 4 members (excludes halogenated alkanes) is 5. The molecule has 3 N–H and O–H groups in total. The highest BCUT2D eigenvalue weighted by Crippen LogP contribution is 2.25. The van der Waals surface area contributed by atoms with E-state index >= 15 is 0 Å². The fourth-order valence-electron chi connectivity index (χ4n) is 2.60. The van der Waals surface area contributed by atoms with Crippen LogP contribution in [0.5, 0.6) is 0 Å². The minimum Gasteiger partial charge on any atom is -0.481 e. The summed E-state index contributed by atoms with van der Waals surface area (Å²) >= 11 is 0. The van der Waals surface area contributed by atoms with E-state index in [1.54, 1.807) is 0 Å². The van der Waals surface area contributed by atoms with Gasteiger partial charge in [-0.05, 0) is 19.3 Å². The third-order valence-electron chi connectivity index (χ3n) is 3.89. The summed E-state index contributed by atoms with van der Waals surface area (Å²) in [5, 5.41) is 27.1. The molecule has 0 rings (SSSR count). The molecule has 0 bridgehead atoms. The first-order chi connectivity index (χ1) is 10.4. The van der Waals surface area contributed by atoms with Crippen LogP contribution in [-0.4, -0.2) is 33.2 Å². The molecule has 0 aliphatic heterocycles. The van der Waals surface area contributed by atoms with Crippen LogP contribution in [0.1, 0.15) is 71.1 Å². The van der Waals surface area contributed by atoms with Crippen molar-refractivity contribution in [3.05, 3.63) is 0 Å². The predicted molar refractivity (Wildman–Crippen MR) is 81.7 cm³/mol. The highest BCUT2D eigenvalue weighted by atomic mass is 16.4. The largest absolute Gasteiger partial charge is 0.481 e. The van der Waals surface area contributed by atoms with Crippen molar-refractivity contribution < 1.29 is 29.7 Å². The van der Waals surface area contributed by atoms with Gasteiger partial charge in [-0.25, -0.2) is 0 Å². The zero-order valence-corrected chi connectivity index (χ0v) is 13.3. The highest BCUT2D eigenvalue weighted by molar-refractivity contribution is 5.79. The first kappa shape index (κ1) is 20.4. The molecule has 2 atom stereocenters. The Morgan fingerprint density at radius 1 is 0.727 bits per heavy atom. The number of carboxylic acids is 3. The van der Waals surface area contributed by atoms with Crippen molar-refractivity contribution in [2.45, 2.75) is 71.1 Å². The summed E-state index contributed by atoms with van der Waals surface area (Å²) in [5.41, 5.74) is 0. The van der Waals surface area contributed by atoms with Crippen LogP contribution >= 0.6 is 0 Å². The molecular weight excluding hydrogens is 288 g/mol. The van der Waals surface area contributed by atoms with Crippen LogP contribution in [0.15, 0.2) is 0 Å². The van der Waals surface area contributed by atoms with Gasteiger partial charge in [0.15, 0.2) is 0 Å².